The Hall–Kier alpha value is -0.940. The van der Waals surface area contributed by atoms with E-state index in [1.165, 1.54) is 0 Å². The van der Waals surface area contributed by atoms with Crippen molar-refractivity contribution >= 4 is 25.5 Å². The maximum Gasteiger partial charge on any atom is 0.261 e. The molecular weight excluding hydrogens is 243 g/mol. The van der Waals surface area contributed by atoms with Gasteiger partial charge in [-0.25, -0.2) is 12.8 Å². The molecule has 0 aromatic heterocycles. The van der Waals surface area contributed by atoms with Crippen LogP contribution in [0.3, 0.4) is 0 Å². The zero-order valence-electron chi connectivity index (χ0n) is 7.46. The highest BCUT2D eigenvalue weighted by Crippen LogP contribution is 2.31. The number of carbonyl (C=O) groups is 1. The molecule has 0 amide bonds. The van der Waals surface area contributed by atoms with Gasteiger partial charge in [-0.05, 0) is 24.1 Å². The summed E-state index contributed by atoms with van der Waals surface area (Å²) in [7, 11) is 1.16. The second-order valence-electron chi connectivity index (χ2n) is 3.29. The zero-order valence-corrected chi connectivity index (χ0v) is 9.03. The molecule has 1 aromatic carbocycles. The van der Waals surface area contributed by atoms with E-state index in [1.807, 2.05) is 0 Å². The molecule has 0 saturated heterocycles. The number of rotatable bonds is 1. The minimum absolute atomic E-state index is 0.134. The molecule has 80 valence electrons. The fourth-order valence-electron chi connectivity index (χ4n) is 1.71. The van der Waals surface area contributed by atoms with Crippen LogP contribution in [0.1, 0.15) is 22.3 Å². The first-order chi connectivity index (χ1) is 6.89. The Balaban J connectivity index is 2.79. The predicted octanol–water partition coefficient (Wildman–Crippen LogP) is 1.88. The maximum atomic E-state index is 13.1. The van der Waals surface area contributed by atoms with Gasteiger partial charge in [0, 0.05) is 22.7 Å². The molecule has 0 saturated carbocycles. The molecule has 0 bridgehead atoms. The van der Waals surface area contributed by atoms with Crippen molar-refractivity contribution < 1.29 is 17.6 Å². The second-order valence-corrected chi connectivity index (χ2v) is 5.83. The average Bonchev–Trinajstić information content (AvgIpc) is 2.45. The van der Waals surface area contributed by atoms with Crippen molar-refractivity contribution in [2.75, 3.05) is 0 Å². The van der Waals surface area contributed by atoms with Crippen molar-refractivity contribution in [2.45, 2.75) is 17.7 Å². The molecule has 0 fully saturated rings. The van der Waals surface area contributed by atoms with E-state index in [9.17, 15) is 17.6 Å². The molecule has 0 heterocycles. The number of hydrogen-bond acceptors (Lipinski definition) is 3. The van der Waals surface area contributed by atoms with E-state index in [2.05, 4.69) is 0 Å². The number of ketones is 1. The minimum atomic E-state index is -3.99. The van der Waals surface area contributed by atoms with Crippen LogP contribution in [0.5, 0.6) is 0 Å². The molecule has 0 radical (unpaired) electrons. The topological polar surface area (TPSA) is 51.2 Å². The molecule has 1 aliphatic rings. The Bertz CT molecular complexity index is 551. The Morgan fingerprint density at radius 3 is 2.53 bits per heavy atom. The molecule has 0 unspecified atom stereocenters. The lowest BCUT2D eigenvalue weighted by Gasteiger charge is -2.04. The van der Waals surface area contributed by atoms with Crippen LogP contribution in [-0.4, -0.2) is 14.2 Å². The molecule has 2 rings (SSSR count). The third kappa shape index (κ3) is 1.77. The van der Waals surface area contributed by atoms with Crippen LogP contribution in [0.4, 0.5) is 4.39 Å². The van der Waals surface area contributed by atoms with Gasteiger partial charge in [-0.1, -0.05) is 0 Å². The van der Waals surface area contributed by atoms with Crippen LogP contribution >= 0.6 is 10.7 Å². The zero-order chi connectivity index (χ0) is 11.2. The van der Waals surface area contributed by atoms with Gasteiger partial charge in [0.05, 0.1) is 4.90 Å². The number of carbonyl (C=O) groups excluding carboxylic acids is 1. The van der Waals surface area contributed by atoms with E-state index >= 15 is 0 Å². The SMILES string of the molecule is O=C1CCc2c1cc(F)cc2S(=O)(=O)Cl. The Kier molecular flexibility index (Phi) is 2.31. The molecule has 0 spiro atoms. The lowest BCUT2D eigenvalue weighted by atomic mass is 10.1. The van der Waals surface area contributed by atoms with E-state index in [0.717, 1.165) is 12.1 Å². The molecule has 1 aliphatic carbocycles. The van der Waals surface area contributed by atoms with E-state index in [0.29, 0.717) is 12.0 Å². The molecule has 0 atom stereocenters. The fourth-order valence-corrected chi connectivity index (χ4v) is 2.88. The van der Waals surface area contributed by atoms with Gasteiger partial charge in [-0.3, -0.25) is 4.79 Å². The largest absolute Gasteiger partial charge is 0.294 e. The smallest absolute Gasteiger partial charge is 0.261 e. The van der Waals surface area contributed by atoms with Crippen molar-refractivity contribution in [2.24, 2.45) is 0 Å². The number of benzene rings is 1. The predicted molar refractivity (Wildman–Crippen MR) is 52.1 cm³/mol. The van der Waals surface area contributed by atoms with Gasteiger partial charge >= 0.3 is 0 Å². The highest BCUT2D eigenvalue weighted by Gasteiger charge is 2.28. The third-order valence-corrected chi connectivity index (χ3v) is 3.73. The highest BCUT2D eigenvalue weighted by molar-refractivity contribution is 8.13. The van der Waals surface area contributed by atoms with Gasteiger partial charge in [0.15, 0.2) is 5.78 Å². The van der Waals surface area contributed by atoms with E-state index in [1.54, 1.807) is 0 Å². The summed E-state index contributed by atoms with van der Waals surface area (Å²) in [4.78, 5) is 11.0. The quantitative estimate of drug-likeness (QED) is 0.713. The maximum absolute atomic E-state index is 13.1. The van der Waals surface area contributed by atoms with Crippen molar-refractivity contribution in [1.29, 1.82) is 0 Å². The van der Waals surface area contributed by atoms with Crippen molar-refractivity contribution in [1.82, 2.24) is 0 Å². The summed E-state index contributed by atoms with van der Waals surface area (Å²) in [6, 6.07) is 1.90. The van der Waals surface area contributed by atoms with Gasteiger partial charge in [0.25, 0.3) is 9.05 Å². The van der Waals surface area contributed by atoms with E-state index < -0.39 is 14.9 Å². The molecule has 6 heteroatoms. The number of hydrogen-bond donors (Lipinski definition) is 0. The average molecular weight is 249 g/mol. The molecular formula is C9H6ClFO3S. The summed E-state index contributed by atoms with van der Waals surface area (Å²) < 4.78 is 35.3. The van der Waals surface area contributed by atoms with Gasteiger partial charge < -0.3 is 0 Å². The van der Waals surface area contributed by atoms with E-state index in [4.69, 9.17) is 10.7 Å². The third-order valence-electron chi connectivity index (χ3n) is 2.34. The number of fused-ring (bicyclic) bond motifs is 1. The molecule has 0 N–H and O–H groups in total. The monoisotopic (exact) mass is 248 g/mol. The first-order valence-corrected chi connectivity index (χ1v) is 6.51. The molecule has 15 heavy (non-hydrogen) atoms. The lowest BCUT2D eigenvalue weighted by Crippen LogP contribution is -2.00. The van der Waals surface area contributed by atoms with Gasteiger partial charge in [-0.15, -0.1) is 0 Å². The lowest BCUT2D eigenvalue weighted by molar-refractivity contribution is 0.0994. The van der Waals surface area contributed by atoms with Crippen LogP contribution < -0.4 is 0 Å². The number of halogens is 2. The first kappa shape index (κ1) is 10.6. The standard InChI is InChI=1S/C9H6ClFO3S/c10-15(13,14)9-4-5(11)3-7-6(9)1-2-8(7)12/h3-4H,1-2H2. The van der Waals surface area contributed by atoms with Crippen LogP contribution in [0, 0.1) is 5.82 Å². The summed E-state index contributed by atoms with van der Waals surface area (Å²) in [5.41, 5.74) is 0.464. The van der Waals surface area contributed by atoms with Crippen molar-refractivity contribution in [3.8, 4) is 0 Å². The molecule has 1 aromatic rings. The van der Waals surface area contributed by atoms with Crippen LogP contribution in [-0.2, 0) is 15.5 Å². The summed E-state index contributed by atoms with van der Waals surface area (Å²) in [5, 5.41) is 0. The second kappa shape index (κ2) is 3.28. The van der Waals surface area contributed by atoms with Gasteiger partial charge in [-0.2, -0.15) is 0 Å². The Labute approximate surface area is 90.3 Å². The van der Waals surface area contributed by atoms with Gasteiger partial charge in [0.1, 0.15) is 5.82 Å². The summed E-state index contributed by atoms with van der Waals surface area (Å²) in [6.07, 6.45) is 0.508. The van der Waals surface area contributed by atoms with Crippen molar-refractivity contribution in [3.05, 3.63) is 29.1 Å². The number of Topliss-reactive ketones (excluding diaryl/α,β-unsaturated/α-hetero) is 1. The summed E-state index contributed by atoms with van der Waals surface area (Å²) >= 11 is 0. The van der Waals surface area contributed by atoms with E-state index in [-0.39, 0.29) is 22.7 Å². The molecule has 3 nitrogen and oxygen atoms in total. The Morgan fingerprint density at radius 1 is 1.27 bits per heavy atom. The van der Waals surface area contributed by atoms with Crippen LogP contribution in [0.15, 0.2) is 17.0 Å². The molecule has 0 aliphatic heterocycles. The van der Waals surface area contributed by atoms with Gasteiger partial charge in [0.2, 0.25) is 0 Å². The van der Waals surface area contributed by atoms with Crippen molar-refractivity contribution in [3.63, 3.8) is 0 Å². The fraction of sp³-hybridized carbons (Fsp3) is 0.222. The summed E-state index contributed by atoms with van der Waals surface area (Å²) in [5.74, 6) is -1.01. The first-order valence-electron chi connectivity index (χ1n) is 4.20. The minimum Gasteiger partial charge on any atom is -0.294 e. The summed E-state index contributed by atoms with van der Waals surface area (Å²) in [6.45, 7) is 0. The highest BCUT2D eigenvalue weighted by atomic mass is 35.7. The normalized spacial score (nSPS) is 15.5. The van der Waals surface area contributed by atoms with Crippen LogP contribution in [0.2, 0.25) is 0 Å². The Morgan fingerprint density at radius 2 is 1.93 bits per heavy atom. The van der Waals surface area contributed by atoms with Crippen LogP contribution in [0.25, 0.3) is 0 Å².